The number of aromatic amines is 1. The van der Waals surface area contributed by atoms with E-state index in [1.54, 1.807) is 41.8 Å². The molecule has 1 aliphatic heterocycles. The number of hydrogen-bond acceptors (Lipinski definition) is 6. The van der Waals surface area contributed by atoms with E-state index >= 15 is 0 Å². The highest BCUT2D eigenvalue weighted by Gasteiger charge is 2.26. The molecular formula is C26H26FN5O2S. The SMILES string of the molecule is CC(C)(C)CC(=O)N1CCc2sc(-c3ncc(F)c(Nc4ccc5c(=O)[nH]ccc5c4)n3)cc2C1. The van der Waals surface area contributed by atoms with Crippen LogP contribution in [0.4, 0.5) is 15.9 Å². The van der Waals surface area contributed by atoms with Crippen LogP contribution in [-0.4, -0.2) is 32.3 Å². The van der Waals surface area contributed by atoms with Gasteiger partial charge in [0.1, 0.15) is 0 Å². The molecule has 5 rings (SSSR count). The number of carbonyl (C=O) groups is 1. The van der Waals surface area contributed by atoms with Crippen molar-refractivity contribution in [2.45, 2.75) is 40.2 Å². The smallest absolute Gasteiger partial charge is 0.255 e. The Kier molecular flexibility index (Phi) is 5.88. The second-order valence-corrected chi connectivity index (χ2v) is 11.1. The third-order valence-electron chi connectivity index (χ3n) is 5.90. The van der Waals surface area contributed by atoms with Crippen molar-refractivity contribution >= 4 is 39.5 Å². The Balaban J connectivity index is 1.38. The zero-order valence-corrected chi connectivity index (χ0v) is 20.6. The Labute approximate surface area is 206 Å². The van der Waals surface area contributed by atoms with Gasteiger partial charge in [0.05, 0.1) is 11.1 Å². The van der Waals surface area contributed by atoms with E-state index in [1.807, 2.05) is 11.0 Å². The predicted octanol–water partition coefficient (Wildman–Crippen LogP) is 5.25. The molecule has 0 aliphatic carbocycles. The van der Waals surface area contributed by atoms with Crippen LogP contribution < -0.4 is 10.9 Å². The van der Waals surface area contributed by atoms with Crippen LogP contribution in [0.3, 0.4) is 0 Å². The molecule has 35 heavy (non-hydrogen) atoms. The van der Waals surface area contributed by atoms with E-state index < -0.39 is 5.82 Å². The van der Waals surface area contributed by atoms with Gasteiger partial charge in [0.25, 0.3) is 5.56 Å². The van der Waals surface area contributed by atoms with Crippen LogP contribution in [0.1, 0.15) is 37.6 Å². The van der Waals surface area contributed by atoms with Crippen LogP contribution in [-0.2, 0) is 17.8 Å². The summed E-state index contributed by atoms with van der Waals surface area (Å²) in [6.45, 7) is 7.47. The lowest BCUT2D eigenvalue weighted by Gasteiger charge is -2.29. The van der Waals surface area contributed by atoms with Crippen molar-refractivity contribution < 1.29 is 9.18 Å². The Morgan fingerprint density at radius 1 is 1.26 bits per heavy atom. The number of amides is 1. The van der Waals surface area contributed by atoms with Gasteiger partial charge in [0.15, 0.2) is 17.5 Å². The molecule has 0 saturated carbocycles. The summed E-state index contributed by atoms with van der Waals surface area (Å²) in [6, 6.07) is 8.98. The number of nitrogens with one attached hydrogen (secondary N) is 2. The number of thiophene rings is 1. The molecule has 1 aromatic carbocycles. The predicted molar refractivity (Wildman–Crippen MR) is 136 cm³/mol. The van der Waals surface area contributed by atoms with E-state index in [4.69, 9.17) is 0 Å². The van der Waals surface area contributed by atoms with Gasteiger partial charge in [-0.2, -0.15) is 0 Å². The van der Waals surface area contributed by atoms with Gasteiger partial charge in [-0.25, -0.2) is 14.4 Å². The summed E-state index contributed by atoms with van der Waals surface area (Å²) >= 11 is 1.59. The molecule has 0 unspecified atom stereocenters. The topological polar surface area (TPSA) is 91.0 Å². The fourth-order valence-corrected chi connectivity index (χ4v) is 5.31. The van der Waals surface area contributed by atoms with Gasteiger partial charge in [0, 0.05) is 41.7 Å². The molecule has 0 radical (unpaired) electrons. The van der Waals surface area contributed by atoms with Gasteiger partial charge < -0.3 is 15.2 Å². The van der Waals surface area contributed by atoms with Crippen molar-refractivity contribution in [3.63, 3.8) is 0 Å². The molecule has 4 heterocycles. The minimum Gasteiger partial charge on any atom is -0.338 e. The van der Waals surface area contributed by atoms with Crippen molar-refractivity contribution in [3.8, 4) is 10.7 Å². The van der Waals surface area contributed by atoms with E-state index in [9.17, 15) is 14.0 Å². The van der Waals surface area contributed by atoms with Crippen LogP contribution in [0.5, 0.6) is 0 Å². The fourth-order valence-electron chi connectivity index (χ4n) is 4.20. The molecule has 0 atom stereocenters. The average Bonchev–Trinajstić information content (AvgIpc) is 3.23. The third-order valence-corrected chi connectivity index (χ3v) is 7.13. The Bertz CT molecular complexity index is 1490. The van der Waals surface area contributed by atoms with Crippen LogP contribution in [0.25, 0.3) is 21.5 Å². The van der Waals surface area contributed by atoms with E-state index in [0.29, 0.717) is 36.4 Å². The lowest BCUT2D eigenvalue weighted by molar-refractivity contribution is -0.134. The summed E-state index contributed by atoms with van der Waals surface area (Å²) in [5, 5.41) is 4.31. The van der Waals surface area contributed by atoms with Gasteiger partial charge in [-0.15, -0.1) is 11.3 Å². The summed E-state index contributed by atoms with van der Waals surface area (Å²) in [6.07, 6.45) is 4.04. The number of benzene rings is 1. The standard InChI is InChI=1S/C26H26FN5O2S/c1-26(2,3)12-22(33)32-9-7-20-16(14-32)11-21(35-20)24-29-13-19(27)23(31-24)30-17-4-5-18-15(10-17)6-8-28-25(18)34/h4-6,8,10-11,13H,7,9,12,14H2,1-3H3,(H,28,34)(H,29,30,31). The molecule has 9 heteroatoms. The van der Waals surface area contributed by atoms with Crippen LogP contribution in [0, 0.1) is 11.2 Å². The number of carbonyl (C=O) groups excluding carboxylic acids is 1. The molecule has 0 saturated heterocycles. The van der Waals surface area contributed by atoms with Gasteiger partial charge >= 0.3 is 0 Å². The van der Waals surface area contributed by atoms with Crippen LogP contribution in [0.15, 0.2) is 47.5 Å². The van der Waals surface area contributed by atoms with Gasteiger partial charge in [-0.1, -0.05) is 20.8 Å². The summed E-state index contributed by atoms with van der Waals surface area (Å²) < 4.78 is 14.6. The third kappa shape index (κ3) is 4.95. The number of halogens is 1. The summed E-state index contributed by atoms with van der Waals surface area (Å²) in [5.74, 6) is 0.0865. The van der Waals surface area contributed by atoms with Crippen molar-refractivity contribution in [3.05, 3.63) is 69.3 Å². The number of H-pyrrole nitrogens is 1. The number of rotatable bonds is 4. The van der Waals surface area contributed by atoms with Crippen molar-refractivity contribution in [1.29, 1.82) is 0 Å². The Morgan fingerprint density at radius 2 is 2.09 bits per heavy atom. The van der Waals surface area contributed by atoms with Crippen LogP contribution in [0.2, 0.25) is 0 Å². The first kappa shape index (κ1) is 23.2. The normalized spacial score (nSPS) is 13.7. The first-order valence-corrected chi connectivity index (χ1v) is 12.3. The second kappa shape index (κ2) is 8.88. The first-order valence-electron chi connectivity index (χ1n) is 11.5. The van der Waals surface area contributed by atoms with Crippen molar-refractivity contribution in [2.24, 2.45) is 5.41 Å². The minimum atomic E-state index is -0.569. The fraction of sp³-hybridized carbons (Fsp3) is 0.308. The van der Waals surface area contributed by atoms with E-state index in [2.05, 4.69) is 41.0 Å². The number of pyridine rings is 1. The molecule has 0 spiro atoms. The zero-order chi connectivity index (χ0) is 24.7. The number of aromatic nitrogens is 3. The summed E-state index contributed by atoms with van der Waals surface area (Å²) in [7, 11) is 0. The summed E-state index contributed by atoms with van der Waals surface area (Å²) in [5.41, 5.74) is 1.49. The first-order chi connectivity index (χ1) is 16.7. The Hall–Kier alpha value is -3.59. The quantitative estimate of drug-likeness (QED) is 0.407. The molecule has 2 N–H and O–H groups in total. The monoisotopic (exact) mass is 491 g/mol. The van der Waals surface area contributed by atoms with E-state index in [0.717, 1.165) is 28.4 Å². The molecular weight excluding hydrogens is 465 g/mol. The lowest BCUT2D eigenvalue weighted by atomic mass is 9.91. The van der Waals surface area contributed by atoms with Crippen molar-refractivity contribution in [2.75, 3.05) is 11.9 Å². The highest BCUT2D eigenvalue weighted by atomic mass is 32.1. The number of fused-ring (bicyclic) bond motifs is 2. The number of hydrogen-bond donors (Lipinski definition) is 2. The maximum absolute atomic E-state index is 14.6. The van der Waals surface area contributed by atoms with E-state index in [1.165, 1.54) is 4.88 Å². The Morgan fingerprint density at radius 3 is 2.89 bits per heavy atom. The number of nitrogens with zero attached hydrogens (tertiary/aromatic N) is 3. The van der Waals surface area contributed by atoms with Crippen LogP contribution >= 0.6 is 11.3 Å². The summed E-state index contributed by atoms with van der Waals surface area (Å²) in [4.78, 5) is 39.9. The molecule has 0 bridgehead atoms. The van der Waals surface area contributed by atoms with E-state index in [-0.39, 0.29) is 22.7 Å². The molecule has 4 aromatic rings. The van der Waals surface area contributed by atoms with Gasteiger partial charge in [-0.05, 0) is 53.1 Å². The molecule has 7 nitrogen and oxygen atoms in total. The molecule has 1 amide bonds. The minimum absolute atomic E-state index is 0.0523. The molecule has 3 aromatic heterocycles. The highest BCUT2D eigenvalue weighted by Crippen LogP contribution is 2.35. The molecule has 180 valence electrons. The molecule has 0 fully saturated rings. The molecule has 1 aliphatic rings. The second-order valence-electron chi connectivity index (χ2n) is 9.99. The maximum Gasteiger partial charge on any atom is 0.255 e. The maximum atomic E-state index is 14.6. The average molecular weight is 492 g/mol. The van der Waals surface area contributed by atoms with Gasteiger partial charge in [0.2, 0.25) is 5.91 Å². The highest BCUT2D eigenvalue weighted by molar-refractivity contribution is 7.15. The lowest BCUT2D eigenvalue weighted by Crippen LogP contribution is -2.37. The van der Waals surface area contributed by atoms with Crippen molar-refractivity contribution in [1.82, 2.24) is 19.9 Å². The number of anilines is 2. The largest absolute Gasteiger partial charge is 0.338 e. The van der Waals surface area contributed by atoms with Gasteiger partial charge in [-0.3, -0.25) is 9.59 Å². The zero-order valence-electron chi connectivity index (χ0n) is 19.8.